The fourth-order valence-corrected chi connectivity index (χ4v) is 13.4. The monoisotopic (exact) mass is 1560 g/mol. The Bertz CT molecular complexity index is 2370. The largest absolute Gasteiger partial charge is 0.472 e. The van der Waals surface area contributed by atoms with Crippen molar-refractivity contribution >= 4 is 57.0 Å². The molecule has 26 heteroatoms. The van der Waals surface area contributed by atoms with Crippen molar-refractivity contribution in [3.05, 3.63) is 24.3 Å². The Hall–Kier alpha value is -3.93. The van der Waals surface area contributed by atoms with Crippen LogP contribution in [0.25, 0.3) is 0 Å². The molecule has 0 heterocycles. The molecule has 0 aromatic heterocycles. The molecule has 626 valence electrons. The van der Waals surface area contributed by atoms with Crippen molar-refractivity contribution in [2.75, 3.05) is 65.9 Å². The zero-order valence-electron chi connectivity index (χ0n) is 67.6. The molecule has 0 aliphatic heterocycles. The highest BCUT2D eigenvalue weighted by Gasteiger charge is 2.28. The number of hydrogen-bond donors (Lipinski definition) is 7. The number of ketones is 1. The minimum Gasteiger partial charge on any atom is -0.462 e. The molecule has 0 radical (unpaired) electrons. The van der Waals surface area contributed by atoms with Gasteiger partial charge in [-0.15, -0.1) is 0 Å². The summed E-state index contributed by atoms with van der Waals surface area (Å²) in [5, 5.41) is 20.9. The Balaban J connectivity index is 5.64. The number of phosphoric acid groups is 2. The standard InChI is InChI=1S/C81H152N4O20P2/c1-7-13-19-25-28-31-34-40-44-50-73(87)63-78(90)84-70(67-99-60-56-74(51-45-38-23-17-11-5)104-80(92)53-47-41-35-32-29-26-20-14-8-2)68-102-106(94,95)100-61-57-82-76(88)65-77(89)83-58-62-101-107(96,97)103-69-71(66-98-59-55-72(86)49-43-37-22-16-10-4)85-79(91)64-75(52-46-39-24-18-12-6)105-81(93)54-48-42-36-33-30-27-21-15-9-3/h32-33,35-36,70-72,74-75,86H,7-31,34,37-69H2,1-6H3,(H,82,88)(H,83,89)(H,84,90)(H,85,91)(H,94,95)(H,96,97)/b35-32-,36-33-/t70?,71?,72-,74-,75-/m1/s1. The molecule has 0 saturated carbocycles. The molecular weight excluding hydrogens is 1410 g/mol. The van der Waals surface area contributed by atoms with Gasteiger partial charge in [-0.3, -0.25) is 51.7 Å². The third-order valence-electron chi connectivity index (χ3n) is 18.2. The summed E-state index contributed by atoms with van der Waals surface area (Å²) >= 11 is 0. The van der Waals surface area contributed by atoms with Gasteiger partial charge >= 0.3 is 27.6 Å². The van der Waals surface area contributed by atoms with Crippen LogP contribution < -0.4 is 21.3 Å². The predicted molar refractivity (Wildman–Crippen MR) is 424 cm³/mol. The van der Waals surface area contributed by atoms with Crippen molar-refractivity contribution in [1.29, 1.82) is 0 Å². The maximum atomic E-state index is 13.7. The molecular formula is C81H152N4O20P2. The first-order valence-electron chi connectivity index (χ1n) is 42.1. The number of ether oxygens (including phenoxy) is 4. The number of phosphoric ester groups is 2. The Kier molecular flexibility index (Phi) is 70.8. The summed E-state index contributed by atoms with van der Waals surface area (Å²) in [6.07, 6.45) is 48.2. The van der Waals surface area contributed by atoms with Crippen LogP contribution in [0.1, 0.15) is 356 Å². The quantitative estimate of drug-likeness (QED) is 0.00978. The van der Waals surface area contributed by atoms with Gasteiger partial charge in [0.2, 0.25) is 23.6 Å². The zero-order valence-corrected chi connectivity index (χ0v) is 69.4. The molecule has 0 aliphatic rings. The molecule has 0 aromatic rings. The lowest BCUT2D eigenvalue weighted by molar-refractivity contribution is -0.152. The topological polar surface area (TPSA) is 336 Å². The average molecular weight is 1560 g/mol. The molecule has 0 bridgehead atoms. The van der Waals surface area contributed by atoms with Gasteiger partial charge in [-0.1, -0.05) is 239 Å². The van der Waals surface area contributed by atoms with E-state index in [4.69, 9.17) is 37.0 Å². The van der Waals surface area contributed by atoms with Crippen LogP contribution in [-0.4, -0.2) is 153 Å². The summed E-state index contributed by atoms with van der Waals surface area (Å²) in [5.41, 5.74) is 0. The van der Waals surface area contributed by atoms with Crippen LogP contribution in [0.2, 0.25) is 0 Å². The van der Waals surface area contributed by atoms with Gasteiger partial charge in [0.1, 0.15) is 24.4 Å². The van der Waals surface area contributed by atoms with Gasteiger partial charge in [0, 0.05) is 45.4 Å². The zero-order chi connectivity index (χ0) is 79.0. The summed E-state index contributed by atoms with van der Waals surface area (Å²) in [6, 6.07) is -1.96. The third-order valence-corrected chi connectivity index (χ3v) is 20.2. The van der Waals surface area contributed by atoms with Crippen LogP contribution in [0.4, 0.5) is 0 Å². The number of nitrogens with one attached hydrogen (secondary N) is 4. The van der Waals surface area contributed by atoms with E-state index in [1.165, 1.54) is 64.2 Å². The van der Waals surface area contributed by atoms with E-state index in [1.54, 1.807) is 0 Å². The van der Waals surface area contributed by atoms with Crippen molar-refractivity contribution in [3.8, 4) is 0 Å². The van der Waals surface area contributed by atoms with Crippen molar-refractivity contribution in [2.45, 2.75) is 387 Å². The number of amides is 4. The molecule has 0 aromatic carbocycles. The summed E-state index contributed by atoms with van der Waals surface area (Å²) in [6.45, 7) is 10.1. The van der Waals surface area contributed by atoms with Crippen molar-refractivity contribution in [3.63, 3.8) is 0 Å². The second-order valence-corrected chi connectivity index (χ2v) is 31.6. The first kappa shape index (κ1) is 103. The fraction of sp³-hybridized carbons (Fsp3) is 0.864. The highest BCUT2D eigenvalue weighted by atomic mass is 31.2. The normalized spacial score (nSPS) is 14.3. The number of hydrogen-bond acceptors (Lipinski definition) is 18. The van der Waals surface area contributed by atoms with E-state index in [2.05, 4.69) is 87.1 Å². The van der Waals surface area contributed by atoms with Crippen LogP contribution in [-0.2, 0) is 79.7 Å². The maximum absolute atomic E-state index is 13.7. The van der Waals surface area contributed by atoms with Gasteiger partial charge in [-0.05, 0) is 96.3 Å². The van der Waals surface area contributed by atoms with E-state index >= 15 is 0 Å². The summed E-state index contributed by atoms with van der Waals surface area (Å²) in [5.74, 6) is -3.57. The van der Waals surface area contributed by atoms with E-state index in [0.29, 0.717) is 57.8 Å². The van der Waals surface area contributed by atoms with E-state index in [0.717, 1.165) is 161 Å². The molecule has 0 rings (SSSR count). The van der Waals surface area contributed by atoms with E-state index in [-0.39, 0.29) is 76.5 Å². The predicted octanol–water partition coefficient (Wildman–Crippen LogP) is 17.6. The van der Waals surface area contributed by atoms with E-state index < -0.39 is 109 Å². The SMILES string of the molecule is CCCCCC/C=C\CCCC(=O)O[C@H](CCCCCCC)CCOCC(COP(=O)(O)OCCNC(=O)CC(=O)NCCOP(=O)(O)OCC(COCC[C@H](O)CCCCCCC)NC(=O)C[C@@H](CCCCCCC)OC(=O)CCC/C=C\CCCCCC)NC(=O)CC(=O)CCCCCCCCCCC. The molecule has 4 amide bonds. The lowest BCUT2D eigenvalue weighted by atomic mass is 10.0. The fourth-order valence-electron chi connectivity index (χ4n) is 11.8. The Labute approximate surface area is 646 Å². The second kappa shape index (κ2) is 73.5. The molecule has 4 unspecified atom stereocenters. The van der Waals surface area contributed by atoms with Crippen molar-refractivity contribution in [1.82, 2.24) is 21.3 Å². The lowest BCUT2D eigenvalue weighted by Gasteiger charge is -2.23. The number of carbonyl (C=O) groups is 7. The van der Waals surface area contributed by atoms with Gasteiger partial charge in [0.15, 0.2) is 0 Å². The third kappa shape index (κ3) is 70.9. The Morgan fingerprint density at radius 3 is 1.17 bits per heavy atom. The maximum Gasteiger partial charge on any atom is 0.472 e. The highest BCUT2D eigenvalue weighted by Crippen LogP contribution is 2.44. The molecule has 0 spiro atoms. The van der Waals surface area contributed by atoms with Gasteiger partial charge in [-0.25, -0.2) is 9.13 Å². The van der Waals surface area contributed by atoms with Gasteiger partial charge < -0.3 is 55.1 Å². The Morgan fingerprint density at radius 1 is 0.355 bits per heavy atom. The number of aliphatic hydroxyl groups is 1. The number of allylic oxidation sites excluding steroid dienone is 4. The minimum atomic E-state index is -4.82. The van der Waals surface area contributed by atoms with Crippen LogP contribution in [0.15, 0.2) is 24.3 Å². The van der Waals surface area contributed by atoms with Crippen LogP contribution in [0, 0.1) is 0 Å². The summed E-state index contributed by atoms with van der Waals surface area (Å²) < 4.78 is 70.7. The van der Waals surface area contributed by atoms with Crippen molar-refractivity contribution < 1.29 is 94.6 Å². The van der Waals surface area contributed by atoms with Crippen LogP contribution in [0.5, 0.6) is 0 Å². The average Bonchev–Trinajstić information content (AvgIpc) is 0.920. The Morgan fingerprint density at radius 2 is 0.720 bits per heavy atom. The number of carbonyl (C=O) groups excluding carboxylic acids is 7. The summed E-state index contributed by atoms with van der Waals surface area (Å²) in [7, 11) is -9.64. The number of esters is 2. The molecule has 7 N–H and O–H groups in total. The van der Waals surface area contributed by atoms with Gasteiger partial charge in [0.25, 0.3) is 0 Å². The molecule has 24 nitrogen and oxygen atoms in total. The van der Waals surface area contributed by atoms with Crippen molar-refractivity contribution in [2.24, 2.45) is 0 Å². The second-order valence-electron chi connectivity index (χ2n) is 28.7. The number of rotatable bonds is 80. The molecule has 0 saturated heterocycles. The van der Waals surface area contributed by atoms with Crippen LogP contribution in [0.3, 0.4) is 0 Å². The molecule has 7 atom stereocenters. The number of aliphatic hydroxyl groups excluding tert-OH is 1. The number of unbranched alkanes of at least 4 members (excludes halogenated alkanes) is 30. The van der Waals surface area contributed by atoms with Gasteiger partial charge in [-0.2, -0.15) is 0 Å². The smallest absolute Gasteiger partial charge is 0.462 e. The molecule has 0 aliphatic carbocycles. The number of Topliss-reactive ketones (excluding diaryl/α,β-unsaturated/α-hetero) is 1. The lowest BCUT2D eigenvalue weighted by Crippen LogP contribution is -2.43. The molecule has 0 fully saturated rings. The first-order chi connectivity index (χ1) is 51.7. The first-order valence-corrected chi connectivity index (χ1v) is 45.1. The van der Waals surface area contributed by atoms with E-state index in [1.807, 2.05) is 0 Å². The van der Waals surface area contributed by atoms with Crippen LogP contribution >= 0.6 is 15.6 Å². The minimum absolute atomic E-state index is 0.132. The van der Waals surface area contributed by atoms with E-state index in [9.17, 15) is 57.6 Å². The highest BCUT2D eigenvalue weighted by molar-refractivity contribution is 7.47. The molecule has 107 heavy (non-hydrogen) atoms. The van der Waals surface area contributed by atoms with Gasteiger partial charge in [0.05, 0.1) is 77.3 Å². The summed E-state index contributed by atoms with van der Waals surface area (Å²) in [4.78, 5) is 113.